The summed E-state index contributed by atoms with van der Waals surface area (Å²) in [4.78, 5) is 22.3. The normalized spacial score (nSPS) is 19.6. The van der Waals surface area contributed by atoms with Gasteiger partial charge in [-0.2, -0.15) is 0 Å². The van der Waals surface area contributed by atoms with Gasteiger partial charge in [-0.25, -0.2) is 9.97 Å². The van der Waals surface area contributed by atoms with Gasteiger partial charge in [0.25, 0.3) is 0 Å². The summed E-state index contributed by atoms with van der Waals surface area (Å²) >= 11 is 1.75. The maximum absolute atomic E-state index is 11.2. The molecule has 1 amide bonds. The molecule has 0 spiro atoms. The number of anilines is 1. The molecule has 106 valence electrons. The highest BCUT2D eigenvalue weighted by atomic mass is 32.1. The lowest BCUT2D eigenvalue weighted by molar-refractivity contribution is -0.118. The molecule has 0 radical (unpaired) electrons. The van der Waals surface area contributed by atoms with Gasteiger partial charge in [0.1, 0.15) is 23.0 Å². The third kappa shape index (κ3) is 2.24. The first-order chi connectivity index (χ1) is 9.56. The molecule has 2 atom stereocenters. The van der Waals surface area contributed by atoms with E-state index in [0.717, 1.165) is 34.8 Å². The average Bonchev–Trinajstić information content (AvgIpc) is 2.76. The topological polar surface area (TPSA) is 80.9 Å². The smallest absolute Gasteiger partial charge is 0.239 e. The van der Waals surface area contributed by atoms with Gasteiger partial charge in [0, 0.05) is 4.88 Å². The van der Waals surface area contributed by atoms with Gasteiger partial charge in [0.15, 0.2) is 0 Å². The van der Waals surface area contributed by atoms with Crippen molar-refractivity contribution in [2.24, 2.45) is 11.7 Å². The van der Waals surface area contributed by atoms with Crippen LogP contribution in [-0.2, 0) is 17.6 Å². The Morgan fingerprint density at radius 1 is 1.55 bits per heavy atom. The first-order valence-corrected chi connectivity index (χ1v) is 7.69. The van der Waals surface area contributed by atoms with Crippen molar-refractivity contribution in [3.63, 3.8) is 0 Å². The molecule has 0 unspecified atom stereocenters. The maximum atomic E-state index is 11.2. The molecule has 0 saturated carbocycles. The molecule has 0 bridgehead atoms. The van der Waals surface area contributed by atoms with E-state index < -0.39 is 6.04 Å². The Hall–Kier alpha value is -1.69. The van der Waals surface area contributed by atoms with Crippen LogP contribution in [0, 0.1) is 5.92 Å². The van der Waals surface area contributed by atoms with Crippen LogP contribution in [0.4, 0.5) is 5.82 Å². The zero-order valence-corrected chi connectivity index (χ0v) is 12.5. The summed E-state index contributed by atoms with van der Waals surface area (Å²) in [5.74, 6) is 1.08. The number of aryl methyl sites for hydroxylation is 1. The Kier molecular flexibility index (Phi) is 3.33. The zero-order valence-electron chi connectivity index (χ0n) is 11.6. The monoisotopic (exact) mass is 290 g/mol. The van der Waals surface area contributed by atoms with E-state index in [4.69, 9.17) is 5.73 Å². The Bertz CT molecular complexity index is 666. The zero-order chi connectivity index (χ0) is 14.3. The van der Waals surface area contributed by atoms with Gasteiger partial charge in [-0.1, -0.05) is 6.92 Å². The molecule has 20 heavy (non-hydrogen) atoms. The highest BCUT2D eigenvalue weighted by molar-refractivity contribution is 7.19. The SMILES string of the molecule is C[C@@H]1CCc2c(sc3ncnc(N[C@H](C)C(N)=O)c23)C1. The highest BCUT2D eigenvalue weighted by Crippen LogP contribution is 2.39. The van der Waals surface area contributed by atoms with Gasteiger partial charge >= 0.3 is 0 Å². The Balaban J connectivity index is 2.07. The Labute approximate surface area is 121 Å². The summed E-state index contributed by atoms with van der Waals surface area (Å²) in [6, 6.07) is -0.439. The molecule has 0 aromatic carbocycles. The van der Waals surface area contributed by atoms with Crippen molar-refractivity contribution in [1.29, 1.82) is 0 Å². The number of nitrogens with zero attached hydrogens (tertiary/aromatic N) is 2. The van der Waals surface area contributed by atoms with Gasteiger partial charge in [0.2, 0.25) is 5.91 Å². The second-order valence-electron chi connectivity index (χ2n) is 5.52. The van der Waals surface area contributed by atoms with Crippen molar-refractivity contribution in [3.8, 4) is 0 Å². The minimum absolute atomic E-state index is 0.380. The number of fused-ring (bicyclic) bond motifs is 3. The second-order valence-corrected chi connectivity index (χ2v) is 6.61. The minimum Gasteiger partial charge on any atom is -0.368 e. The number of carbonyl (C=O) groups excluding carboxylic acids is 1. The van der Waals surface area contributed by atoms with E-state index in [9.17, 15) is 4.79 Å². The van der Waals surface area contributed by atoms with Crippen LogP contribution in [0.15, 0.2) is 6.33 Å². The van der Waals surface area contributed by atoms with Crippen molar-refractivity contribution in [2.45, 2.75) is 39.2 Å². The van der Waals surface area contributed by atoms with E-state index in [1.165, 1.54) is 16.9 Å². The van der Waals surface area contributed by atoms with Crippen LogP contribution < -0.4 is 11.1 Å². The number of rotatable bonds is 3. The quantitative estimate of drug-likeness (QED) is 0.907. The number of aromatic nitrogens is 2. The maximum Gasteiger partial charge on any atom is 0.239 e. The molecule has 3 N–H and O–H groups in total. The van der Waals surface area contributed by atoms with E-state index in [1.807, 2.05) is 0 Å². The summed E-state index contributed by atoms with van der Waals surface area (Å²) in [6.45, 7) is 4.03. The van der Waals surface area contributed by atoms with Gasteiger partial charge in [0.05, 0.1) is 5.39 Å². The number of amides is 1. The van der Waals surface area contributed by atoms with Gasteiger partial charge in [-0.05, 0) is 37.7 Å². The van der Waals surface area contributed by atoms with E-state index in [0.29, 0.717) is 0 Å². The van der Waals surface area contributed by atoms with Gasteiger partial charge in [-0.3, -0.25) is 4.79 Å². The summed E-state index contributed by atoms with van der Waals surface area (Å²) in [5.41, 5.74) is 6.67. The van der Waals surface area contributed by atoms with Crippen LogP contribution in [0.5, 0.6) is 0 Å². The number of thiophene rings is 1. The average molecular weight is 290 g/mol. The first kappa shape index (κ1) is 13.3. The molecule has 0 saturated heterocycles. The van der Waals surface area contributed by atoms with Crippen LogP contribution in [0.3, 0.4) is 0 Å². The van der Waals surface area contributed by atoms with Gasteiger partial charge < -0.3 is 11.1 Å². The number of nitrogens with one attached hydrogen (secondary N) is 1. The largest absolute Gasteiger partial charge is 0.368 e. The minimum atomic E-state index is -0.439. The molecule has 3 rings (SSSR count). The van der Waals surface area contributed by atoms with E-state index in [2.05, 4.69) is 22.2 Å². The molecule has 2 aromatic rings. The lowest BCUT2D eigenvalue weighted by atomic mass is 9.89. The van der Waals surface area contributed by atoms with Crippen molar-refractivity contribution in [1.82, 2.24) is 9.97 Å². The first-order valence-electron chi connectivity index (χ1n) is 6.87. The van der Waals surface area contributed by atoms with Gasteiger partial charge in [-0.15, -0.1) is 11.3 Å². The second kappa shape index (κ2) is 5.01. The number of hydrogen-bond donors (Lipinski definition) is 2. The molecule has 2 heterocycles. The predicted molar refractivity (Wildman–Crippen MR) is 80.9 cm³/mol. The number of nitrogens with two attached hydrogens (primary N) is 1. The fourth-order valence-electron chi connectivity index (χ4n) is 2.66. The molecule has 1 aliphatic rings. The lowest BCUT2D eigenvalue weighted by Crippen LogP contribution is -2.32. The fourth-order valence-corrected chi connectivity index (χ4v) is 4.01. The third-order valence-electron chi connectivity index (χ3n) is 3.87. The highest BCUT2D eigenvalue weighted by Gasteiger charge is 2.23. The Morgan fingerprint density at radius 3 is 3.10 bits per heavy atom. The van der Waals surface area contributed by atoms with Crippen LogP contribution in [-0.4, -0.2) is 21.9 Å². The predicted octanol–water partition coefficient (Wildman–Crippen LogP) is 2.10. The summed E-state index contributed by atoms with van der Waals surface area (Å²) in [5, 5.41) is 4.19. The molecule has 0 aliphatic heterocycles. The lowest BCUT2D eigenvalue weighted by Gasteiger charge is -2.18. The summed E-state index contributed by atoms with van der Waals surface area (Å²) < 4.78 is 0. The van der Waals surface area contributed by atoms with E-state index >= 15 is 0 Å². The number of hydrogen-bond acceptors (Lipinski definition) is 5. The van der Waals surface area contributed by atoms with Crippen LogP contribution in [0.25, 0.3) is 10.2 Å². The summed E-state index contributed by atoms with van der Waals surface area (Å²) in [6.07, 6.45) is 4.91. The van der Waals surface area contributed by atoms with Crippen molar-refractivity contribution >= 4 is 33.3 Å². The van der Waals surface area contributed by atoms with Crippen LogP contribution >= 0.6 is 11.3 Å². The molecule has 1 aliphatic carbocycles. The molecular weight excluding hydrogens is 272 g/mol. The van der Waals surface area contributed by atoms with Crippen molar-refractivity contribution in [2.75, 3.05) is 5.32 Å². The number of carbonyl (C=O) groups is 1. The molecule has 2 aromatic heterocycles. The standard InChI is InChI=1S/C14H18N4OS/c1-7-3-4-9-10(5-7)20-14-11(9)13(16-6-17-14)18-8(2)12(15)19/h6-8H,3-5H2,1-2H3,(H2,15,19)(H,16,17,18)/t7-,8-/m1/s1. The molecule has 5 nitrogen and oxygen atoms in total. The molecule has 6 heteroatoms. The third-order valence-corrected chi connectivity index (χ3v) is 5.03. The fraction of sp³-hybridized carbons (Fsp3) is 0.500. The van der Waals surface area contributed by atoms with E-state index in [1.54, 1.807) is 24.6 Å². The molecular formula is C14H18N4OS. The van der Waals surface area contributed by atoms with Crippen molar-refractivity contribution in [3.05, 3.63) is 16.8 Å². The van der Waals surface area contributed by atoms with Crippen LogP contribution in [0.1, 0.15) is 30.7 Å². The van der Waals surface area contributed by atoms with E-state index in [-0.39, 0.29) is 5.91 Å². The Morgan fingerprint density at radius 2 is 2.35 bits per heavy atom. The molecule has 0 fully saturated rings. The summed E-state index contributed by atoms with van der Waals surface area (Å²) in [7, 11) is 0. The number of primary amides is 1. The van der Waals surface area contributed by atoms with Crippen molar-refractivity contribution < 1.29 is 4.79 Å². The van der Waals surface area contributed by atoms with Crippen LogP contribution in [0.2, 0.25) is 0 Å².